The van der Waals surface area contributed by atoms with Gasteiger partial charge >= 0.3 is 0 Å². The zero-order chi connectivity index (χ0) is 7.00. The molecule has 1 N–H and O–H groups in total. The molecule has 0 aliphatic rings. The van der Waals surface area contributed by atoms with Crippen LogP contribution in [0.25, 0.3) is 0 Å². The summed E-state index contributed by atoms with van der Waals surface area (Å²) in [5, 5.41) is -1.01. The second kappa shape index (κ2) is 1.83. The Morgan fingerprint density at radius 2 is 1.62 bits per heavy atom. The molecule has 1 unspecified atom stereocenters. The molecule has 3 nitrogen and oxygen atoms in total. The SMILES string of the molecule is CC(C)(C)P(=O)([O-])O. The quantitative estimate of drug-likeness (QED) is 0.489. The molecule has 50 valence electrons. The minimum atomic E-state index is -4.10. The summed E-state index contributed by atoms with van der Waals surface area (Å²) in [7, 11) is -4.10. The van der Waals surface area contributed by atoms with Crippen LogP contribution in [0.4, 0.5) is 0 Å². The lowest BCUT2D eigenvalue weighted by Gasteiger charge is -2.30. The average Bonchev–Trinajstić information content (AvgIpc) is 1.25. The van der Waals surface area contributed by atoms with Crippen LogP contribution in [0, 0.1) is 0 Å². The molecule has 1 atom stereocenters. The first kappa shape index (κ1) is 8.15. The molecule has 0 amide bonds. The third-order valence-electron chi connectivity index (χ3n) is 0.848. The Balaban J connectivity index is 4.26. The van der Waals surface area contributed by atoms with E-state index >= 15 is 0 Å². The lowest BCUT2D eigenvalue weighted by Crippen LogP contribution is -2.22. The largest absolute Gasteiger partial charge is 0.778 e. The maximum absolute atomic E-state index is 10.2. The topological polar surface area (TPSA) is 60.4 Å². The highest BCUT2D eigenvalue weighted by molar-refractivity contribution is 7.52. The van der Waals surface area contributed by atoms with Crippen LogP contribution < -0.4 is 4.89 Å². The normalized spacial score (nSPS) is 20.1. The van der Waals surface area contributed by atoms with Crippen LogP contribution in [-0.2, 0) is 4.57 Å². The van der Waals surface area contributed by atoms with E-state index in [9.17, 15) is 9.46 Å². The molecule has 0 rings (SSSR count). The Labute approximate surface area is 48.9 Å². The van der Waals surface area contributed by atoms with Crippen molar-refractivity contribution in [1.82, 2.24) is 0 Å². The van der Waals surface area contributed by atoms with Crippen LogP contribution >= 0.6 is 7.60 Å². The van der Waals surface area contributed by atoms with Gasteiger partial charge in [0.1, 0.15) is 7.60 Å². The molecule has 0 aliphatic carbocycles. The summed E-state index contributed by atoms with van der Waals surface area (Å²) in [4.78, 5) is 18.6. The Morgan fingerprint density at radius 3 is 1.62 bits per heavy atom. The average molecular weight is 137 g/mol. The summed E-state index contributed by atoms with van der Waals surface area (Å²) in [5.41, 5.74) is 0. The maximum atomic E-state index is 10.2. The van der Waals surface area contributed by atoms with Gasteiger partial charge in [-0.25, -0.2) is 0 Å². The molecular weight excluding hydrogens is 127 g/mol. The van der Waals surface area contributed by atoms with Gasteiger partial charge in [0.25, 0.3) is 0 Å². The van der Waals surface area contributed by atoms with Crippen LogP contribution in [0.2, 0.25) is 0 Å². The smallest absolute Gasteiger partial charge is 0.137 e. The highest BCUT2D eigenvalue weighted by Gasteiger charge is 2.22. The molecule has 8 heavy (non-hydrogen) atoms. The van der Waals surface area contributed by atoms with E-state index in [1.807, 2.05) is 0 Å². The predicted octanol–water partition coefficient (Wildman–Crippen LogP) is 0.331. The molecule has 0 fully saturated rings. The van der Waals surface area contributed by atoms with Crippen molar-refractivity contribution in [2.24, 2.45) is 0 Å². The molecule has 0 aliphatic heterocycles. The fourth-order valence-electron chi connectivity index (χ4n) is 0. The summed E-state index contributed by atoms with van der Waals surface area (Å²) < 4.78 is 10.2. The van der Waals surface area contributed by atoms with Gasteiger partial charge in [0.2, 0.25) is 0 Å². The van der Waals surface area contributed by atoms with Crippen LogP contribution in [0.5, 0.6) is 0 Å². The van der Waals surface area contributed by atoms with E-state index in [0.717, 1.165) is 0 Å². The second-order valence-electron chi connectivity index (χ2n) is 2.69. The maximum Gasteiger partial charge on any atom is 0.137 e. The first-order valence-corrected chi connectivity index (χ1v) is 3.87. The standard InChI is InChI=1S/C4H11O3P/c1-4(2,3)8(5,6)7/h1-3H3,(H2,5,6,7)/p-1. The zero-order valence-electron chi connectivity index (χ0n) is 5.21. The van der Waals surface area contributed by atoms with Crippen molar-refractivity contribution < 1.29 is 14.4 Å². The van der Waals surface area contributed by atoms with Gasteiger partial charge in [-0.15, -0.1) is 0 Å². The van der Waals surface area contributed by atoms with Gasteiger partial charge in [-0.1, -0.05) is 20.8 Å². The molecule has 0 aromatic rings. The first-order valence-electron chi connectivity index (χ1n) is 2.29. The molecule has 0 aromatic carbocycles. The predicted molar refractivity (Wildman–Crippen MR) is 29.6 cm³/mol. The lowest BCUT2D eigenvalue weighted by atomic mass is 10.3. The summed E-state index contributed by atoms with van der Waals surface area (Å²) in [6.45, 7) is 4.34. The van der Waals surface area contributed by atoms with Gasteiger partial charge in [-0.05, 0) is 0 Å². The third-order valence-corrected chi connectivity index (χ3v) is 2.54. The fraction of sp³-hybridized carbons (Fsp3) is 1.00. The van der Waals surface area contributed by atoms with Crippen molar-refractivity contribution >= 4 is 7.60 Å². The van der Waals surface area contributed by atoms with E-state index < -0.39 is 12.8 Å². The number of rotatable bonds is 0. The minimum Gasteiger partial charge on any atom is -0.778 e. The molecule has 4 heteroatoms. The number of hydrogen-bond donors (Lipinski definition) is 1. The molecule has 0 saturated carbocycles. The Hall–Kier alpha value is 0.150. The van der Waals surface area contributed by atoms with E-state index in [1.54, 1.807) is 0 Å². The zero-order valence-corrected chi connectivity index (χ0v) is 6.11. The van der Waals surface area contributed by atoms with Crippen LogP contribution in [0.15, 0.2) is 0 Å². The van der Waals surface area contributed by atoms with E-state index in [1.165, 1.54) is 20.8 Å². The molecule has 0 spiro atoms. The molecular formula is C4H10O3P-. The van der Waals surface area contributed by atoms with Crippen molar-refractivity contribution in [2.75, 3.05) is 0 Å². The fourth-order valence-corrected chi connectivity index (χ4v) is 0. The summed E-state index contributed by atoms with van der Waals surface area (Å²) in [5.74, 6) is 0. The van der Waals surface area contributed by atoms with E-state index in [0.29, 0.717) is 0 Å². The van der Waals surface area contributed by atoms with Crippen molar-refractivity contribution in [3.8, 4) is 0 Å². The van der Waals surface area contributed by atoms with E-state index in [-0.39, 0.29) is 0 Å². The van der Waals surface area contributed by atoms with Crippen LogP contribution in [0.1, 0.15) is 20.8 Å². The van der Waals surface area contributed by atoms with Gasteiger partial charge in [-0.3, -0.25) is 0 Å². The monoisotopic (exact) mass is 137 g/mol. The van der Waals surface area contributed by atoms with Crippen molar-refractivity contribution in [3.05, 3.63) is 0 Å². The molecule has 0 saturated heterocycles. The third kappa shape index (κ3) is 1.95. The molecule has 0 radical (unpaired) electrons. The highest BCUT2D eigenvalue weighted by Crippen LogP contribution is 2.45. The first-order chi connectivity index (χ1) is 3.25. The van der Waals surface area contributed by atoms with Crippen molar-refractivity contribution in [1.29, 1.82) is 0 Å². The van der Waals surface area contributed by atoms with Gasteiger partial charge in [0.15, 0.2) is 0 Å². The summed E-state index contributed by atoms with van der Waals surface area (Å²) in [6.07, 6.45) is 0. The van der Waals surface area contributed by atoms with Gasteiger partial charge in [0, 0.05) is 5.16 Å². The Morgan fingerprint density at radius 1 is 1.50 bits per heavy atom. The van der Waals surface area contributed by atoms with E-state index in [2.05, 4.69) is 0 Å². The Bertz CT molecular complexity index is 118. The summed E-state index contributed by atoms with van der Waals surface area (Å²) in [6, 6.07) is 0. The number of hydrogen-bond acceptors (Lipinski definition) is 2. The van der Waals surface area contributed by atoms with Crippen LogP contribution in [0.3, 0.4) is 0 Å². The summed E-state index contributed by atoms with van der Waals surface area (Å²) >= 11 is 0. The van der Waals surface area contributed by atoms with Gasteiger partial charge in [-0.2, -0.15) is 0 Å². The molecule has 0 aromatic heterocycles. The molecule has 0 bridgehead atoms. The highest BCUT2D eigenvalue weighted by atomic mass is 31.2. The van der Waals surface area contributed by atoms with Crippen molar-refractivity contribution in [2.45, 2.75) is 25.9 Å². The van der Waals surface area contributed by atoms with Gasteiger partial charge < -0.3 is 14.4 Å². The Kier molecular flexibility index (Phi) is 1.87. The second-order valence-corrected chi connectivity index (χ2v) is 5.07. The lowest BCUT2D eigenvalue weighted by molar-refractivity contribution is -0.198. The minimum absolute atomic E-state index is 1.01. The molecule has 0 heterocycles. The van der Waals surface area contributed by atoms with Crippen LogP contribution in [-0.4, -0.2) is 10.0 Å². The van der Waals surface area contributed by atoms with Crippen molar-refractivity contribution in [3.63, 3.8) is 0 Å². The van der Waals surface area contributed by atoms with Gasteiger partial charge in [0.05, 0.1) is 0 Å². The van der Waals surface area contributed by atoms with E-state index in [4.69, 9.17) is 4.89 Å².